The third-order valence-corrected chi connectivity index (χ3v) is 3.65. The van der Waals surface area contributed by atoms with E-state index < -0.39 is 5.51 Å². The number of thioether (sulfide) groups is 1. The molecule has 0 saturated carbocycles. The van der Waals surface area contributed by atoms with Crippen LogP contribution in [0.3, 0.4) is 0 Å². The third-order valence-electron chi connectivity index (χ3n) is 2.89. The van der Waals surface area contributed by atoms with Crippen molar-refractivity contribution in [3.8, 4) is 0 Å². The van der Waals surface area contributed by atoms with E-state index in [9.17, 15) is 13.2 Å². The first-order valence-electron chi connectivity index (χ1n) is 6.40. The topological polar surface area (TPSA) is 12.0 Å². The van der Waals surface area contributed by atoms with Gasteiger partial charge in [-0.15, -0.1) is 0 Å². The van der Waals surface area contributed by atoms with Crippen molar-refractivity contribution in [1.82, 2.24) is 5.32 Å². The van der Waals surface area contributed by atoms with Crippen molar-refractivity contribution in [2.75, 3.05) is 18.8 Å². The highest BCUT2D eigenvalue weighted by Crippen LogP contribution is 2.32. The van der Waals surface area contributed by atoms with Gasteiger partial charge in [0.05, 0.1) is 0 Å². The lowest BCUT2D eigenvalue weighted by atomic mass is 9.95. The zero-order valence-electron chi connectivity index (χ0n) is 11.3. The van der Waals surface area contributed by atoms with E-state index in [4.69, 9.17) is 0 Å². The van der Waals surface area contributed by atoms with Gasteiger partial charge in [-0.3, -0.25) is 0 Å². The van der Waals surface area contributed by atoms with Crippen LogP contribution in [-0.4, -0.2) is 24.4 Å². The highest BCUT2D eigenvalue weighted by atomic mass is 32.2. The summed E-state index contributed by atoms with van der Waals surface area (Å²) in [4.78, 5) is 0. The SMILES string of the molecule is CCNCC(CCSC(F)(F)F)c1cccc(C)c1. The highest BCUT2D eigenvalue weighted by Gasteiger charge is 2.28. The number of nitrogens with one attached hydrogen (secondary N) is 1. The van der Waals surface area contributed by atoms with Crippen LogP contribution in [0.4, 0.5) is 13.2 Å². The van der Waals surface area contributed by atoms with Crippen molar-refractivity contribution in [3.63, 3.8) is 0 Å². The molecule has 0 radical (unpaired) electrons. The lowest BCUT2D eigenvalue weighted by Gasteiger charge is -2.18. The predicted molar refractivity (Wildman–Crippen MR) is 75.6 cm³/mol. The summed E-state index contributed by atoms with van der Waals surface area (Å²) in [6.45, 7) is 5.54. The zero-order valence-corrected chi connectivity index (χ0v) is 12.1. The summed E-state index contributed by atoms with van der Waals surface area (Å²) in [5, 5.41) is 3.22. The smallest absolute Gasteiger partial charge is 0.316 e. The molecular weight excluding hydrogens is 271 g/mol. The number of aryl methyl sites for hydroxylation is 1. The zero-order chi connectivity index (χ0) is 14.3. The van der Waals surface area contributed by atoms with Crippen molar-refractivity contribution in [2.45, 2.75) is 31.7 Å². The summed E-state index contributed by atoms with van der Waals surface area (Å²) in [5.41, 5.74) is -1.87. The minimum absolute atomic E-state index is 0.0664. The van der Waals surface area contributed by atoms with E-state index in [1.54, 1.807) is 0 Å². The number of hydrogen-bond acceptors (Lipinski definition) is 2. The first-order valence-corrected chi connectivity index (χ1v) is 7.39. The number of hydrogen-bond donors (Lipinski definition) is 1. The summed E-state index contributed by atoms with van der Waals surface area (Å²) >= 11 is 0.0664. The standard InChI is InChI=1S/C14H20F3NS/c1-3-18-10-13(7-8-19-14(15,16)17)12-6-4-5-11(2)9-12/h4-6,9,13,18H,3,7-8,10H2,1-2H3. The minimum Gasteiger partial charge on any atom is -0.316 e. The molecule has 0 aliphatic rings. The Balaban J connectivity index is 2.61. The summed E-state index contributed by atoms with van der Waals surface area (Å²) in [5.74, 6) is 0.239. The Bertz CT molecular complexity index is 379. The van der Waals surface area contributed by atoms with E-state index in [1.165, 1.54) is 0 Å². The van der Waals surface area contributed by atoms with Crippen molar-refractivity contribution < 1.29 is 13.2 Å². The van der Waals surface area contributed by atoms with Gasteiger partial charge in [0.15, 0.2) is 0 Å². The van der Waals surface area contributed by atoms with Crippen molar-refractivity contribution in [2.24, 2.45) is 0 Å². The molecule has 0 heterocycles. The molecule has 0 saturated heterocycles. The predicted octanol–water partition coefficient (Wildman–Crippen LogP) is 4.33. The molecule has 1 N–H and O–H groups in total. The average Bonchev–Trinajstić information content (AvgIpc) is 2.32. The van der Waals surface area contributed by atoms with Crippen LogP contribution < -0.4 is 5.32 Å². The lowest BCUT2D eigenvalue weighted by Crippen LogP contribution is -2.22. The fourth-order valence-electron chi connectivity index (χ4n) is 1.95. The van der Waals surface area contributed by atoms with Crippen molar-refractivity contribution >= 4 is 11.8 Å². The first kappa shape index (κ1) is 16.4. The van der Waals surface area contributed by atoms with E-state index in [1.807, 2.05) is 32.0 Å². The number of alkyl halides is 3. The maximum absolute atomic E-state index is 12.2. The Hall–Kier alpha value is -0.680. The number of rotatable bonds is 7. The van der Waals surface area contributed by atoms with Crippen LogP contribution >= 0.6 is 11.8 Å². The molecule has 0 aliphatic carbocycles. The minimum atomic E-state index is -4.13. The van der Waals surface area contributed by atoms with Gasteiger partial charge in [-0.05, 0) is 31.4 Å². The number of likely N-dealkylation sites (N-methyl/N-ethyl adjacent to an activating group) is 1. The molecule has 108 valence electrons. The molecule has 0 amide bonds. The maximum Gasteiger partial charge on any atom is 0.441 e. The lowest BCUT2D eigenvalue weighted by molar-refractivity contribution is -0.0328. The van der Waals surface area contributed by atoms with E-state index in [0.29, 0.717) is 6.42 Å². The van der Waals surface area contributed by atoms with Crippen LogP contribution in [0.2, 0.25) is 0 Å². The van der Waals surface area contributed by atoms with Gasteiger partial charge in [0.2, 0.25) is 0 Å². The van der Waals surface area contributed by atoms with Gasteiger partial charge >= 0.3 is 5.51 Å². The van der Waals surface area contributed by atoms with Crippen molar-refractivity contribution in [3.05, 3.63) is 35.4 Å². The molecule has 1 nitrogen and oxygen atoms in total. The van der Waals surface area contributed by atoms with E-state index in [-0.39, 0.29) is 23.4 Å². The van der Waals surface area contributed by atoms with Gasteiger partial charge in [0.25, 0.3) is 0 Å². The summed E-state index contributed by atoms with van der Waals surface area (Å²) in [6.07, 6.45) is 0.528. The largest absolute Gasteiger partial charge is 0.441 e. The second-order valence-corrected chi connectivity index (χ2v) is 5.66. The Morgan fingerprint density at radius 3 is 2.63 bits per heavy atom. The molecule has 0 bridgehead atoms. The van der Waals surface area contributed by atoms with Crippen LogP contribution in [0.25, 0.3) is 0 Å². The monoisotopic (exact) mass is 291 g/mol. The number of benzene rings is 1. The van der Waals surface area contributed by atoms with Gasteiger partial charge < -0.3 is 5.32 Å². The van der Waals surface area contributed by atoms with Gasteiger partial charge in [-0.1, -0.05) is 48.5 Å². The molecule has 1 aromatic carbocycles. The molecule has 0 aromatic heterocycles. The maximum atomic E-state index is 12.2. The summed E-state index contributed by atoms with van der Waals surface area (Å²) < 4.78 is 36.5. The molecular formula is C14H20F3NS. The van der Waals surface area contributed by atoms with Gasteiger partial charge in [-0.25, -0.2) is 0 Å². The average molecular weight is 291 g/mol. The Kier molecular flexibility index (Phi) is 6.72. The van der Waals surface area contributed by atoms with E-state index in [2.05, 4.69) is 11.4 Å². The van der Waals surface area contributed by atoms with E-state index in [0.717, 1.165) is 24.2 Å². The molecule has 5 heteroatoms. The van der Waals surface area contributed by atoms with Crippen LogP contribution in [-0.2, 0) is 0 Å². The van der Waals surface area contributed by atoms with Crippen LogP contribution in [0, 0.1) is 6.92 Å². The molecule has 19 heavy (non-hydrogen) atoms. The molecule has 0 fully saturated rings. The van der Waals surface area contributed by atoms with E-state index >= 15 is 0 Å². The summed E-state index contributed by atoms with van der Waals surface area (Å²) in [6, 6.07) is 8.01. The quantitative estimate of drug-likeness (QED) is 0.802. The second-order valence-electron chi connectivity index (χ2n) is 4.50. The highest BCUT2D eigenvalue weighted by molar-refractivity contribution is 8.00. The van der Waals surface area contributed by atoms with Gasteiger partial charge in [-0.2, -0.15) is 13.2 Å². The Labute approximate surface area is 117 Å². The first-order chi connectivity index (χ1) is 8.92. The second kappa shape index (κ2) is 7.80. The normalized spacial score (nSPS) is 13.5. The molecule has 1 aromatic rings. The molecule has 1 atom stereocenters. The van der Waals surface area contributed by atoms with Crippen LogP contribution in [0.5, 0.6) is 0 Å². The molecule has 1 rings (SSSR count). The molecule has 0 spiro atoms. The van der Waals surface area contributed by atoms with Gasteiger partial charge in [0.1, 0.15) is 0 Å². The fraction of sp³-hybridized carbons (Fsp3) is 0.571. The third kappa shape index (κ3) is 6.87. The Morgan fingerprint density at radius 1 is 1.32 bits per heavy atom. The fourth-order valence-corrected chi connectivity index (χ4v) is 2.58. The van der Waals surface area contributed by atoms with Gasteiger partial charge in [0, 0.05) is 12.3 Å². The van der Waals surface area contributed by atoms with Crippen LogP contribution in [0.1, 0.15) is 30.4 Å². The van der Waals surface area contributed by atoms with Crippen LogP contribution in [0.15, 0.2) is 24.3 Å². The molecule has 0 aliphatic heterocycles. The Morgan fingerprint density at radius 2 is 2.05 bits per heavy atom. The molecule has 1 unspecified atom stereocenters. The summed E-state index contributed by atoms with van der Waals surface area (Å²) in [7, 11) is 0. The van der Waals surface area contributed by atoms with Crippen molar-refractivity contribution in [1.29, 1.82) is 0 Å². The number of halogens is 3.